The number of carboxylic acid groups (broad SMARTS) is 2. The lowest BCUT2D eigenvalue weighted by atomic mass is 9.89. The van der Waals surface area contributed by atoms with Gasteiger partial charge in [-0.1, -0.05) is 43.4 Å². The number of carboxylic acids is 2. The molecule has 0 aliphatic carbocycles. The molecule has 56 heavy (non-hydrogen) atoms. The van der Waals surface area contributed by atoms with Crippen LogP contribution in [0.1, 0.15) is 70.9 Å². The first-order chi connectivity index (χ1) is 26.6. The number of ether oxygens (including phenoxy) is 1. The summed E-state index contributed by atoms with van der Waals surface area (Å²) in [5.41, 5.74) is 2.69. The minimum atomic E-state index is -2.27. The number of aliphatic carboxylic acids is 2. The molecule has 2 fully saturated rings. The van der Waals surface area contributed by atoms with E-state index in [1.165, 1.54) is 23.5 Å². The molecule has 304 valence electrons. The lowest BCUT2D eigenvalue weighted by Gasteiger charge is -2.47. The van der Waals surface area contributed by atoms with Gasteiger partial charge in [-0.15, -0.1) is 11.3 Å². The van der Waals surface area contributed by atoms with E-state index < -0.39 is 30.3 Å². The Morgan fingerprint density at radius 2 is 1.75 bits per heavy atom. The van der Waals surface area contributed by atoms with E-state index in [1.807, 2.05) is 22.4 Å². The van der Waals surface area contributed by atoms with Gasteiger partial charge in [-0.05, 0) is 49.1 Å². The average molecular weight is 820 g/mol. The van der Waals surface area contributed by atoms with Gasteiger partial charge in [0.25, 0.3) is 5.91 Å². The third kappa shape index (κ3) is 10.5. The van der Waals surface area contributed by atoms with Crippen molar-refractivity contribution in [2.24, 2.45) is 0 Å². The summed E-state index contributed by atoms with van der Waals surface area (Å²) in [6, 6.07) is 8.32. The van der Waals surface area contributed by atoms with E-state index in [0.29, 0.717) is 72.2 Å². The summed E-state index contributed by atoms with van der Waals surface area (Å²) in [6.45, 7) is 8.84. The van der Waals surface area contributed by atoms with Gasteiger partial charge in [0.15, 0.2) is 12.2 Å². The van der Waals surface area contributed by atoms with Gasteiger partial charge in [0.2, 0.25) is 0 Å². The predicted octanol–water partition coefficient (Wildman–Crippen LogP) is 2.26. The SMILES string of the molecule is CC(C)c1nc(C(=O)N2CCOC3(CCN(Cc4ccc(F)c(CCNC[C@H](O)c5ccc(O)c6[nH]c(=O)sc56)c4)CC3)C2)cs1.O=C(O)[C@@H](O)[C@H](O)C(=O)O. The van der Waals surface area contributed by atoms with Crippen molar-refractivity contribution in [3.05, 3.63) is 78.6 Å². The van der Waals surface area contributed by atoms with Gasteiger partial charge in [0.05, 0.1) is 34.6 Å². The van der Waals surface area contributed by atoms with Crippen LogP contribution in [0.2, 0.25) is 0 Å². The second-order valence-corrected chi connectivity index (χ2v) is 16.0. The summed E-state index contributed by atoms with van der Waals surface area (Å²) >= 11 is 2.48. The molecule has 2 aromatic heterocycles. The Kier molecular flexibility index (Phi) is 14.3. The van der Waals surface area contributed by atoms with Gasteiger partial charge in [-0.3, -0.25) is 14.5 Å². The average Bonchev–Trinajstić information content (AvgIpc) is 3.83. The highest BCUT2D eigenvalue weighted by atomic mass is 32.1. The fourth-order valence-electron chi connectivity index (χ4n) is 6.57. The number of halogens is 1. The third-order valence-electron chi connectivity index (χ3n) is 9.72. The summed E-state index contributed by atoms with van der Waals surface area (Å²) in [5, 5.41) is 59.3. The van der Waals surface area contributed by atoms with Crippen molar-refractivity contribution in [2.75, 3.05) is 45.9 Å². The van der Waals surface area contributed by atoms with Crippen LogP contribution in [0.25, 0.3) is 10.2 Å². The zero-order valence-electron chi connectivity index (χ0n) is 30.8. The zero-order chi connectivity index (χ0) is 40.7. The number of nitrogens with zero attached hydrogens (tertiary/aromatic N) is 3. The van der Waals surface area contributed by atoms with E-state index >= 15 is 0 Å². The summed E-state index contributed by atoms with van der Waals surface area (Å²) < 4.78 is 21.5. The second-order valence-electron chi connectivity index (χ2n) is 14.1. The largest absolute Gasteiger partial charge is 0.506 e. The number of phenolic OH excluding ortho intramolecular Hbond substituents is 1. The number of hydrogen-bond donors (Lipinski definition) is 8. The minimum Gasteiger partial charge on any atom is -0.506 e. The third-order valence-corrected chi connectivity index (χ3v) is 11.8. The van der Waals surface area contributed by atoms with Crippen molar-refractivity contribution in [3.63, 3.8) is 0 Å². The molecule has 2 saturated heterocycles. The van der Waals surface area contributed by atoms with Crippen molar-refractivity contribution in [2.45, 2.75) is 69.5 Å². The van der Waals surface area contributed by atoms with Crippen LogP contribution in [0.15, 0.2) is 40.5 Å². The number of H-pyrrole nitrogens is 1. The number of phenols is 1. The van der Waals surface area contributed by atoms with E-state index in [1.54, 1.807) is 6.07 Å². The molecule has 8 N–H and O–H groups in total. The Labute approximate surface area is 328 Å². The van der Waals surface area contributed by atoms with Gasteiger partial charge in [-0.2, -0.15) is 0 Å². The maximum absolute atomic E-state index is 14.7. The number of hydrogen-bond acceptors (Lipinski definition) is 14. The molecule has 6 rings (SSSR count). The van der Waals surface area contributed by atoms with E-state index in [9.17, 15) is 33.8 Å². The number of benzene rings is 2. The first-order valence-electron chi connectivity index (χ1n) is 18.0. The fraction of sp³-hybridized carbons (Fsp3) is 0.486. The highest BCUT2D eigenvalue weighted by Gasteiger charge is 2.41. The molecule has 4 aromatic rings. The number of morpholine rings is 1. The van der Waals surface area contributed by atoms with E-state index in [4.69, 9.17) is 25.2 Å². The Morgan fingerprint density at radius 3 is 2.39 bits per heavy atom. The minimum absolute atomic E-state index is 0.0206. The van der Waals surface area contributed by atoms with Crippen molar-refractivity contribution >= 4 is 50.7 Å². The molecule has 0 saturated carbocycles. The molecule has 2 aliphatic heterocycles. The number of carbonyl (C=O) groups is 3. The predicted molar refractivity (Wildman–Crippen MR) is 205 cm³/mol. The van der Waals surface area contributed by atoms with Crippen LogP contribution < -0.4 is 10.2 Å². The number of nitrogens with one attached hydrogen (secondary N) is 2. The van der Waals surface area contributed by atoms with Crippen LogP contribution in [-0.2, 0) is 27.3 Å². The molecule has 0 bridgehead atoms. The highest BCUT2D eigenvalue weighted by molar-refractivity contribution is 7.16. The van der Waals surface area contributed by atoms with Crippen molar-refractivity contribution in [3.8, 4) is 5.75 Å². The summed E-state index contributed by atoms with van der Waals surface area (Å²) in [7, 11) is 0. The number of aromatic hydroxyl groups is 1. The summed E-state index contributed by atoms with van der Waals surface area (Å²) in [4.78, 5) is 55.6. The van der Waals surface area contributed by atoms with E-state index in [-0.39, 0.29) is 34.5 Å². The Hall–Kier alpha value is -4.34. The van der Waals surface area contributed by atoms with Crippen molar-refractivity contribution in [1.29, 1.82) is 0 Å². The van der Waals surface area contributed by atoms with Crippen molar-refractivity contribution < 1.29 is 54.2 Å². The molecule has 1 spiro atoms. The normalized spacial score (nSPS) is 17.4. The van der Waals surface area contributed by atoms with Gasteiger partial charge in [0.1, 0.15) is 22.8 Å². The maximum atomic E-state index is 14.7. The molecule has 16 nitrogen and oxygen atoms in total. The number of aliphatic hydroxyl groups excluding tert-OH is 3. The number of amides is 1. The van der Waals surface area contributed by atoms with Crippen LogP contribution in [0.3, 0.4) is 0 Å². The highest BCUT2D eigenvalue weighted by Crippen LogP contribution is 2.33. The molecule has 3 atom stereocenters. The first-order valence-corrected chi connectivity index (χ1v) is 19.7. The fourth-order valence-corrected chi connectivity index (χ4v) is 8.30. The number of rotatable bonds is 13. The first kappa shape index (κ1) is 42.8. The van der Waals surface area contributed by atoms with Crippen LogP contribution in [0.5, 0.6) is 5.75 Å². The Morgan fingerprint density at radius 1 is 1.05 bits per heavy atom. The van der Waals surface area contributed by atoms with E-state index in [0.717, 1.165) is 47.8 Å². The number of aliphatic hydroxyl groups is 3. The van der Waals surface area contributed by atoms with Crippen LogP contribution >= 0.6 is 22.7 Å². The Balaban J connectivity index is 0.000000530. The molecule has 2 aromatic carbocycles. The molecule has 4 heterocycles. The molecule has 2 aliphatic rings. The summed E-state index contributed by atoms with van der Waals surface area (Å²) in [5.74, 6) is -3.56. The lowest BCUT2D eigenvalue weighted by Crippen LogP contribution is -2.58. The number of fused-ring (bicyclic) bond motifs is 1. The number of thiazole rings is 2. The topological polar surface area (TPSA) is 246 Å². The number of carbonyl (C=O) groups excluding carboxylic acids is 1. The quantitative estimate of drug-likeness (QED) is 0.0903. The van der Waals surface area contributed by atoms with Gasteiger partial charge < -0.3 is 50.6 Å². The van der Waals surface area contributed by atoms with Gasteiger partial charge >= 0.3 is 16.8 Å². The molecule has 0 unspecified atom stereocenters. The standard InChI is InChI=1S/C33H40FN5O5S2.C4H6O6/c1-20(2)30-36-25(18-45-30)31(42)39-13-14-44-33(19-39)8-11-38(12-9-33)17-21-3-5-24(34)22(15-21)7-10-35-16-27(41)23-4-6-26(40)28-29(23)46-32(43)37-28;5-1(3(7)8)2(6)4(9)10/h3-6,15,18,20,27,35,40-41H,7-14,16-17,19H2,1-2H3,(H,37,43);1-2,5-6H,(H,7,8)(H,9,10)/t27-;1-,2-/m00/s1. The molecule has 1 amide bonds. The molecule has 19 heteroatoms. The van der Waals surface area contributed by atoms with E-state index in [2.05, 4.69) is 34.0 Å². The second kappa shape index (κ2) is 18.7. The lowest BCUT2D eigenvalue weighted by molar-refractivity contribution is -0.165. The number of aromatic nitrogens is 2. The number of likely N-dealkylation sites (tertiary alicyclic amines) is 1. The number of piperidine rings is 1. The van der Waals surface area contributed by atoms with Gasteiger partial charge in [0, 0.05) is 49.6 Å². The van der Waals surface area contributed by atoms with Crippen LogP contribution in [-0.4, -0.2) is 132 Å². The van der Waals surface area contributed by atoms with Crippen molar-refractivity contribution in [1.82, 2.24) is 25.1 Å². The van der Waals surface area contributed by atoms with Crippen LogP contribution in [0.4, 0.5) is 4.39 Å². The number of aromatic amines is 1. The molecular formula is C37H46FN5O11S2. The Bertz CT molecular complexity index is 2040. The molecular weight excluding hydrogens is 774 g/mol. The maximum Gasteiger partial charge on any atom is 0.335 e. The smallest absolute Gasteiger partial charge is 0.335 e. The van der Waals surface area contributed by atoms with Crippen LogP contribution in [0, 0.1) is 5.82 Å². The zero-order valence-corrected chi connectivity index (χ0v) is 32.4. The van der Waals surface area contributed by atoms with Gasteiger partial charge in [-0.25, -0.2) is 19.0 Å². The monoisotopic (exact) mass is 819 g/mol. The molecule has 0 radical (unpaired) electrons. The summed E-state index contributed by atoms with van der Waals surface area (Å²) in [6.07, 6.45) is -3.34.